The first-order valence-electron chi connectivity index (χ1n) is 6.20. The van der Waals surface area contributed by atoms with E-state index in [1.54, 1.807) is 42.0 Å². The van der Waals surface area contributed by atoms with E-state index >= 15 is 0 Å². The predicted molar refractivity (Wildman–Crippen MR) is 80.8 cm³/mol. The number of pyridine rings is 1. The van der Waals surface area contributed by atoms with Gasteiger partial charge in [0.15, 0.2) is 5.82 Å². The minimum absolute atomic E-state index is 0.451. The molecule has 0 amide bonds. The van der Waals surface area contributed by atoms with Crippen molar-refractivity contribution in [2.24, 2.45) is 0 Å². The van der Waals surface area contributed by atoms with Gasteiger partial charge in [0.1, 0.15) is 0 Å². The SMILES string of the molecule is O=C(ONc1ccccn1)c1ccccc1-c1cscn1. The van der Waals surface area contributed by atoms with Gasteiger partial charge in [-0.2, -0.15) is 0 Å². The molecule has 0 atom stereocenters. The van der Waals surface area contributed by atoms with Crippen LogP contribution in [0.1, 0.15) is 10.4 Å². The first-order chi connectivity index (χ1) is 10.3. The van der Waals surface area contributed by atoms with Crippen LogP contribution < -0.4 is 5.48 Å². The predicted octanol–water partition coefficient (Wildman–Crippen LogP) is 3.39. The fraction of sp³-hybridized carbons (Fsp3) is 0. The Bertz CT molecular complexity index is 730. The van der Waals surface area contributed by atoms with Crippen molar-refractivity contribution in [1.82, 2.24) is 9.97 Å². The summed E-state index contributed by atoms with van der Waals surface area (Å²) in [5, 5.41) is 1.89. The maximum Gasteiger partial charge on any atom is 0.363 e. The normalized spacial score (nSPS) is 10.1. The van der Waals surface area contributed by atoms with Gasteiger partial charge in [-0.3, -0.25) is 0 Å². The molecule has 3 rings (SSSR count). The van der Waals surface area contributed by atoms with E-state index < -0.39 is 5.97 Å². The molecular formula is C15H11N3O2S. The molecule has 1 N–H and O–H groups in total. The van der Waals surface area contributed by atoms with Crippen LogP contribution in [0.25, 0.3) is 11.3 Å². The van der Waals surface area contributed by atoms with Crippen molar-refractivity contribution < 1.29 is 9.63 Å². The van der Waals surface area contributed by atoms with Gasteiger partial charge in [0.25, 0.3) is 0 Å². The fourth-order valence-corrected chi connectivity index (χ4v) is 2.36. The molecule has 5 nitrogen and oxygen atoms in total. The second kappa shape index (κ2) is 6.15. The average molecular weight is 297 g/mol. The van der Waals surface area contributed by atoms with E-state index in [2.05, 4.69) is 15.4 Å². The molecular weight excluding hydrogens is 286 g/mol. The summed E-state index contributed by atoms with van der Waals surface area (Å²) >= 11 is 1.48. The summed E-state index contributed by atoms with van der Waals surface area (Å²) in [5.41, 5.74) is 6.21. The topological polar surface area (TPSA) is 64.1 Å². The fourth-order valence-electron chi connectivity index (χ4n) is 1.81. The Morgan fingerprint density at radius 1 is 1.10 bits per heavy atom. The zero-order valence-electron chi connectivity index (χ0n) is 10.9. The number of carbonyl (C=O) groups is 1. The number of hydrogen-bond donors (Lipinski definition) is 1. The lowest BCUT2D eigenvalue weighted by atomic mass is 10.1. The Kier molecular flexibility index (Phi) is 3.88. The molecule has 0 aliphatic rings. The Morgan fingerprint density at radius 2 is 1.95 bits per heavy atom. The second-order valence-electron chi connectivity index (χ2n) is 4.13. The van der Waals surface area contributed by atoms with Gasteiger partial charge in [0, 0.05) is 17.1 Å². The number of carbonyl (C=O) groups excluding carboxylic acids is 1. The van der Waals surface area contributed by atoms with Crippen LogP contribution in [0.15, 0.2) is 59.6 Å². The van der Waals surface area contributed by atoms with Gasteiger partial charge in [-0.15, -0.1) is 11.3 Å². The number of nitrogens with one attached hydrogen (secondary N) is 1. The van der Waals surface area contributed by atoms with Gasteiger partial charge >= 0.3 is 5.97 Å². The maximum atomic E-state index is 12.2. The third kappa shape index (κ3) is 3.06. The van der Waals surface area contributed by atoms with Crippen molar-refractivity contribution in [3.63, 3.8) is 0 Å². The van der Waals surface area contributed by atoms with Gasteiger partial charge in [-0.1, -0.05) is 24.3 Å². The number of nitrogens with zero attached hydrogens (tertiary/aromatic N) is 2. The van der Waals surface area contributed by atoms with Gasteiger partial charge in [-0.05, 0) is 18.2 Å². The lowest BCUT2D eigenvalue weighted by molar-refractivity contribution is 0.0595. The number of thiazole rings is 1. The standard InChI is InChI=1S/C15H11N3O2S/c19-15(20-18-14-7-3-4-8-16-14)12-6-2-1-5-11(12)13-9-21-10-17-13/h1-10H,(H,16,18). The number of rotatable bonds is 4. The molecule has 6 heteroatoms. The average Bonchev–Trinajstić information content (AvgIpc) is 3.08. The van der Waals surface area contributed by atoms with Crippen LogP contribution in [-0.4, -0.2) is 15.9 Å². The number of benzene rings is 1. The van der Waals surface area contributed by atoms with E-state index in [4.69, 9.17) is 4.84 Å². The number of hydrogen-bond acceptors (Lipinski definition) is 6. The highest BCUT2D eigenvalue weighted by Crippen LogP contribution is 2.24. The third-order valence-electron chi connectivity index (χ3n) is 2.77. The van der Waals surface area contributed by atoms with Crippen molar-refractivity contribution in [2.45, 2.75) is 0 Å². The summed E-state index contributed by atoms with van der Waals surface area (Å²) in [5.74, 6) is -0.0127. The molecule has 0 saturated carbocycles. The molecule has 0 unspecified atom stereocenters. The first-order valence-corrected chi connectivity index (χ1v) is 7.14. The first kappa shape index (κ1) is 13.3. The minimum atomic E-state index is -0.482. The van der Waals surface area contributed by atoms with E-state index in [0.717, 1.165) is 11.3 Å². The Morgan fingerprint density at radius 3 is 2.71 bits per heavy atom. The summed E-state index contributed by atoms with van der Waals surface area (Å²) in [7, 11) is 0. The molecule has 2 aromatic heterocycles. The molecule has 1 aromatic carbocycles. The van der Waals surface area contributed by atoms with Gasteiger partial charge in [0.05, 0.1) is 16.8 Å². The lowest BCUT2D eigenvalue weighted by Gasteiger charge is -2.08. The summed E-state index contributed by atoms with van der Waals surface area (Å²) in [6.45, 7) is 0. The highest BCUT2D eigenvalue weighted by Gasteiger charge is 2.15. The highest BCUT2D eigenvalue weighted by atomic mass is 32.1. The molecule has 21 heavy (non-hydrogen) atoms. The largest absolute Gasteiger partial charge is 0.363 e. The molecule has 0 saturated heterocycles. The van der Waals surface area contributed by atoms with Crippen LogP contribution in [0.2, 0.25) is 0 Å². The van der Waals surface area contributed by atoms with Crippen LogP contribution in [0.5, 0.6) is 0 Å². The van der Waals surface area contributed by atoms with E-state index in [1.165, 1.54) is 11.3 Å². The maximum absolute atomic E-state index is 12.2. The minimum Gasteiger partial charge on any atom is -0.336 e. The number of anilines is 1. The van der Waals surface area contributed by atoms with Gasteiger partial charge in [0.2, 0.25) is 0 Å². The third-order valence-corrected chi connectivity index (χ3v) is 3.35. The van der Waals surface area contributed by atoms with Gasteiger partial charge in [-0.25, -0.2) is 20.2 Å². The molecule has 0 spiro atoms. The van der Waals surface area contributed by atoms with Crippen LogP contribution >= 0.6 is 11.3 Å². The van der Waals surface area contributed by atoms with Crippen LogP contribution in [0.3, 0.4) is 0 Å². The van der Waals surface area contributed by atoms with Crippen molar-refractivity contribution in [3.05, 3.63) is 65.1 Å². The zero-order chi connectivity index (χ0) is 14.5. The second-order valence-corrected chi connectivity index (χ2v) is 4.84. The van der Waals surface area contributed by atoms with Crippen LogP contribution in [0, 0.1) is 0 Å². The van der Waals surface area contributed by atoms with Crippen molar-refractivity contribution in [3.8, 4) is 11.3 Å². The van der Waals surface area contributed by atoms with Crippen molar-refractivity contribution >= 4 is 23.1 Å². The Hall–Kier alpha value is -2.73. The summed E-state index contributed by atoms with van der Waals surface area (Å²) in [4.78, 5) is 25.5. The van der Waals surface area contributed by atoms with Crippen molar-refractivity contribution in [1.29, 1.82) is 0 Å². The lowest BCUT2D eigenvalue weighted by Crippen LogP contribution is -2.12. The Labute approximate surface area is 125 Å². The molecule has 3 aromatic rings. The molecule has 2 heterocycles. The van der Waals surface area contributed by atoms with E-state index in [0.29, 0.717) is 11.4 Å². The monoisotopic (exact) mass is 297 g/mol. The summed E-state index contributed by atoms with van der Waals surface area (Å²) in [6, 6.07) is 12.5. The molecule has 0 aliphatic heterocycles. The molecule has 0 bridgehead atoms. The summed E-state index contributed by atoms with van der Waals surface area (Å²) in [6.07, 6.45) is 1.61. The van der Waals surface area contributed by atoms with Gasteiger partial charge < -0.3 is 4.84 Å². The molecule has 0 fully saturated rings. The number of aromatic nitrogens is 2. The van der Waals surface area contributed by atoms with E-state index in [9.17, 15) is 4.79 Å². The van der Waals surface area contributed by atoms with Crippen LogP contribution in [0.4, 0.5) is 5.82 Å². The quantitative estimate of drug-likeness (QED) is 0.748. The van der Waals surface area contributed by atoms with E-state index in [1.807, 2.05) is 17.5 Å². The van der Waals surface area contributed by atoms with Crippen molar-refractivity contribution in [2.75, 3.05) is 5.48 Å². The van der Waals surface area contributed by atoms with E-state index in [-0.39, 0.29) is 0 Å². The molecule has 0 aliphatic carbocycles. The summed E-state index contributed by atoms with van der Waals surface area (Å²) < 4.78 is 0. The smallest absolute Gasteiger partial charge is 0.336 e. The molecule has 104 valence electrons. The van der Waals surface area contributed by atoms with Crippen LogP contribution in [-0.2, 0) is 4.84 Å². The highest BCUT2D eigenvalue weighted by molar-refractivity contribution is 7.07. The zero-order valence-corrected chi connectivity index (χ0v) is 11.7. The Balaban J connectivity index is 1.79. The molecule has 0 radical (unpaired) electrons.